The molecule has 3 fully saturated rings. The van der Waals surface area contributed by atoms with Gasteiger partial charge < -0.3 is 14.2 Å². The van der Waals surface area contributed by atoms with E-state index < -0.39 is 0 Å². The summed E-state index contributed by atoms with van der Waals surface area (Å²) in [6.45, 7) is 5.54. The molecule has 0 N–H and O–H groups in total. The number of piperidine rings is 1. The van der Waals surface area contributed by atoms with Gasteiger partial charge in [0.05, 0.1) is 6.26 Å². The van der Waals surface area contributed by atoms with E-state index in [0.29, 0.717) is 5.41 Å². The van der Waals surface area contributed by atoms with E-state index >= 15 is 0 Å². The topological polar surface area (TPSA) is 36.7 Å². The monoisotopic (exact) mass is 364 g/mol. The summed E-state index contributed by atoms with van der Waals surface area (Å²) in [7, 11) is 0. The van der Waals surface area contributed by atoms with Crippen molar-refractivity contribution < 1.29 is 9.21 Å². The van der Waals surface area contributed by atoms with Gasteiger partial charge >= 0.3 is 0 Å². The van der Waals surface area contributed by atoms with Gasteiger partial charge in [0.2, 0.25) is 0 Å². The third-order valence-corrected chi connectivity index (χ3v) is 6.62. The molecule has 5 rings (SSSR count). The largest absolute Gasteiger partial charge is 0.464 e. The van der Waals surface area contributed by atoms with Crippen LogP contribution in [0.1, 0.15) is 42.5 Å². The lowest BCUT2D eigenvalue weighted by molar-refractivity contribution is 0.0681. The normalized spacial score (nSPS) is 26.0. The molecule has 1 aliphatic carbocycles. The number of nitrogens with zero attached hydrogens (tertiary/aromatic N) is 2. The van der Waals surface area contributed by atoms with E-state index in [9.17, 15) is 4.79 Å². The van der Waals surface area contributed by atoms with Crippen LogP contribution in [-0.2, 0) is 0 Å². The second-order valence-electron chi connectivity index (χ2n) is 8.81. The third kappa shape index (κ3) is 3.55. The van der Waals surface area contributed by atoms with Crippen LogP contribution >= 0.6 is 0 Å². The number of hydrogen-bond donors (Lipinski definition) is 0. The van der Waals surface area contributed by atoms with Crippen molar-refractivity contribution in [3.63, 3.8) is 0 Å². The minimum absolute atomic E-state index is 0.178. The molecular weight excluding hydrogens is 336 g/mol. The van der Waals surface area contributed by atoms with E-state index in [2.05, 4.69) is 9.80 Å². The van der Waals surface area contributed by atoms with Crippen LogP contribution in [0.4, 0.5) is 0 Å². The fraction of sp³-hybridized carbons (Fsp3) is 0.522. The number of rotatable bonds is 4. The first-order valence-electron chi connectivity index (χ1n) is 10.4. The smallest absolute Gasteiger partial charge is 0.253 e. The van der Waals surface area contributed by atoms with Gasteiger partial charge in [0.25, 0.3) is 5.91 Å². The van der Waals surface area contributed by atoms with Crippen LogP contribution < -0.4 is 0 Å². The van der Waals surface area contributed by atoms with Crippen molar-refractivity contribution in [3.8, 4) is 11.3 Å². The predicted molar refractivity (Wildman–Crippen MR) is 105 cm³/mol. The molecule has 1 amide bonds. The Hall–Kier alpha value is -2.07. The molecule has 27 heavy (non-hydrogen) atoms. The van der Waals surface area contributed by atoms with Gasteiger partial charge in [-0.3, -0.25) is 4.79 Å². The molecule has 2 aliphatic heterocycles. The van der Waals surface area contributed by atoms with Crippen molar-refractivity contribution >= 4 is 5.91 Å². The van der Waals surface area contributed by atoms with Gasteiger partial charge in [-0.15, -0.1) is 0 Å². The molecule has 1 saturated carbocycles. The highest BCUT2D eigenvalue weighted by Crippen LogP contribution is 2.41. The molecule has 1 spiro atoms. The fourth-order valence-corrected chi connectivity index (χ4v) is 4.98. The maximum atomic E-state index is 13.0. The number of hydrogen-bond acceptors (Lipinski definition) is 3. The molecule has 0 unspecified atom stereocenters. The Morgan fingerprint density at radius 1 is 1.07 bits per heavy atom. The fourth-order valence-electron chi connectivity index (χ4n) is 4.98. The van der Waals surface area contributed by atoms with E-state index in [-0.39, 0.29) is 5.91 Å². The van der Waals surface area contributed by atoms with Gasteiger partial charge in [-0.1, -0.05) is 12.1 Å². The van der Waals surface area contributed by atoms with Gasteiger partial charge in [-0.2, -0.15) is 0 Å². The minimum Gasteiger partial charge on any atom is -0.464 e. The second-order valence-corrected chi connectivity index (χ2v) is 8.81. The minimum atomic E-state index is 0.178. The van der Waals surface area contributed by atoms with Gasteiger partial charge in [0.15, 0.2) is 0 Å². The summed E-state index contributed by atoms with van der Waals surface area (Å²) in [5.41, 5.74) is 2.13. The number of amides is 1. The molecule has 0 bridgehead atoms. The lowest BCUT2D eigenvalue weighted by Crippen LogP contribution is -2.46. The van der Waals surface area contributed by atoms with Gasteiger partial charge in [-0.05, 0) is 68.8 Å². The number of carbonyl (C=O) groups excluding carboxylic acids is 1. The van der Waals surface area contributed by atoms with E-state index in [4.69, 9.17) is 4.42 Å². The van der Waals surface area contributed by atoms with Crippen LogP contribution in [0.2, 0.25) is 0 Å². The number of likely N-dealkylation sites (tertiary alicyclic amines) is 2. The summed E-state index contributed by atoms with van der Waals surface area (Å²) >= 11 is 0. The van der Waals surface area contributed by atoms with Crippen molar-refractivity contribution in [2.75, 3.05) is 32.7 Å². The van der Waals surface area contributed by atoms with Gasteiger partial charge in [-0.25, -0.2) is 0 Å². The lowest BCUT2D eigenvalue weighted by Gasteiger charge is -2.40. The molecule has 2 saturated heterocycles. The molecule has 1 aromatic heterocycles. The molecule has 1 aromatic carbocycles. The lowest BCUT2D eigenvalue weighted by atomic mass is 9.79. The van der Waals surface area contributed by atoms with Crippen LogP contribution in [-0.4, -0.2) is 48.4 Å². The number of carbonyl (C=O) groups is 1. The van der Waals surface area contributed by atoms with Gasteiger partial charge in [0, 0.05) is 42.7 Å². The van der Waals surface area contributed by atoms with Crippen molar-refractivity contribution in [2.45, 2.75) is 32.1 Å². The zero-order valence-electron chi connectivity index (χ0n) is 15.9. The van der Waals surface area contributed by atoms with E-state index in [0.717, 1.165) is 42.3 Å². The summed E-state index contributed by atoms with van der Waals surface area (Å²) in [6, 6.07) is 11.7. The number of furan rings is 1. The average Bonchev–Trinajstić information content (AvgIpc) is 3.18. The molecule has 3 aliphatic rings. The molecule has 4 nitrogen and oxygen atoms in total. The first kappa shape index (κ1) is 17.1. The summed E-state index contributed by atoms with van der Waals surface area (Å²) in [5.74, 6) is 1.97. The quantitative estimate of drug-likeness (QED) is 0.812. The maximum Gasteiger partial charge on any atom is 0.253 e. The third-order valence-electron chi connectivity index (χ3n) is 6.62. The highest BCUT2D eigenvalue weighted by molar-refractivity contribution is 5.94. The Bertz CT molecular complexity index is 794. The molecule has 1 atom stereocenters. The Labute approximate surface area is 161 Å². The highest BCUT2D eigenvalue weighted by atomic mass is 16.3. The predicted octanol–water partition coefficient (Wildman–Crippen LogP) is 4.28. The van der Waals surface area contributed by atoms with Crippen LogP contribution in [0, 0.1) is 11.3 Å². The van der Waals surface area contributed by atoms with Crippen LogP contribution in [0.25, 0.3) is 11.3 Å². The second kappa shape index (κ2) is 6.83. The summed E-state index contributed by atoms with van der Waals surface area (Å²) in [4.78, 5) is 17.8. The van der Waals surface area contributed by atoms with Crippen LogP contribution in [0.5, 0.6) is 0 Å². The zero-order chi connectivity index (χ0) is 18.3. The molecule has 142 valence electrons. The number of benzene rings is 1. The van der Waals surface area contributed by atoms with Crippen molar-refractivity contribution in [1.82, 2.24) is 9.80 Å². The Morgan fingerprint density at radius 2 is 1.93 bits per heavy atom. The first-order valence-corrected chi connectivity index (χ1v) is 10.4. The van der Waals surface area contributed by atoms with Crippen molar-refractivity contribution in [2.24, 2.45) is 11.3 Å². The molecule has 2 aromatic rings. The first-order chi connectivity index (χ1) is 13.2. The average molecular weight is 364 g/mol. The summed E-state index contributed by atoms with van der Waals surface area (Å²) < 4.78 is 5.44. The van der Waals surface area contributed by atoms with E-state index in [1.165, 1.54) is 45.3 Å². The molecule has 3 heterocycles. The van der Waals surface area contributed by atoms with Crippen LogP contribution in [0.3, 0.4) is 0 Å². The van der Waals surface area contributed by atoms with E-state index in [1.54, 1.807) is 6.26 Å². The highest BCUT2D eigenvalue weighted by Gasteiger charge is 2.43. The Morgan fingerprint density at radius 3 is 2.67 bits per heavy atom. The summed E-state index contributed by atoms with van der Waals surface area (Å²) in [5, 5.41) is 0. The van der Waals surface area contributed by atoms with Gasteiger partial charge in [0.1, 0.15) is 5.76 Å². The van der Waals surface area contributed by atoms with Crippen LogP contribution in [0.15, 0.2) is 47.1 Å². The molecule has 4 heteroatoms. The van der Waals surface area contributed by atoms with E-state index in [1.807, 2.05) is 36.4 Å². The Balaban J connectivity index is 1.24. The molecular formula is C23H28N2O2. The standard InChI is InChI=1S/C23H28N2O2/c26-22(20-8-6-19(7-9-20)21-3-1-14-27-21)25-13-11-23(17-25)10-2-12-24(16-23)15-18-4-5-18/h1,3,6-9,14,18H,2,4-5,10-13,15-17H2/t23-/m0/s1. The Kier molecular flexibility index (Phi) is 4.31. The van der Waals surface area contributed by atoms with Crippen molar-refractivity contribution in [1.29, 1.82) is 0 Å². The molecule has 0 radical (unpaired) electrons. The zero-order valence-corrected chi connectivity index (χ0v) is 15.9. The summed E-state index contributed by atoms with van der Waals surface area (Å²) in [6.07, 6.45) is 8.23. The maximum absolute atomic E-state index is 13.0. The SMILES string of the molecule is O=C(c1ccc(-c2ccco2)cc1)N1CC[C@]2(CCCN(CC3CC3)C2)C1. The van der Waals surface area contributed by atoms with Crippen molar-refractivity contribution in [3.05, 3.63) is 48.2 Å².